The molecule has 0 spiro atoms. The zero-order valence-electron chi connectivity index (χ0n) is 16.1. The van der Waals surface area contributed by atoms with Crippen molar-refractivity contribution >= 4 is 33.5 Å². The Morgan fingerprint density at radius 3 is 2.57 bits per heavy atom. The van der Waals surface area contributed by atoms with Gasteiger partial charge in [-0.1, -0.05) is 12.1 Å². The molecule has 6 heteroatoms. The fourth-order valence-electron chi connectivity index (χ4n) is 3.51. The molecule has 0 aliphatic carbocycles. The number of carbonyl (C=O) groups is 1. The summed E-state index contributed by atoms with van der Waals surface area (Å²) in [5, 5.41) is 0.706. The van der Waals surface area contributed by atoms with Gasteiger partial charge in [-0.3, -0.25) is 4.79 Å². The lowest BCUT2D eigenvalue weighted by Crippen LogP contribution is -2.21. The second-order valence-corrected chi connectivity index (χ2v) is 6.65. The third kappa shape index (κ3) is 2.87. The number of anilines is 1. The quantitative estimate of drug-likeness (QED) is 0.392. The Bertz CT molecular complexity index is 1250. The van der Waals surface area contributed by atoms with Crippen molar-refractivity contribution in [3.8, 4) is 0 Å². The normalized spacial score (nSPS) is 11.2. The maximum atomic E-state index is 13.0. The molecule has 0 atom stereocenters. The molecule has 0 fully saturated rings. The van der Waals surface area contributed by atoms with Crippen LogP contribution in [0.15, 0.2) is 57.7 Å². The summed E-state index contributed by atoms with van der Waals surface area (Å²) >= 11 is 0. The van der Waals surface area contributed by atoms with E-state index in [1.54, 1.807) is 17.7 Å². The van der Waals surface area contributed by atoms with Gasteiger partial charge in [-0.25, -0.2) is 9.78 Å². The highest BCUT2D eigenvalue weighted by Gasteiger charge is 2.21. The first-order valence-electron chi connectivity index (χ1n) is 9.32. The first-order chi connectivity index (χ1) is 13.5. The Kier molecular flexibility index (Phi) is 4.47. The Balaban J connectivity index is 1.81. The van der Waals surface area contributed by atoms with Crippen LogP contribution in [0.1, 0.15) is 30.0 Å². The molecule has 0 N–H and O–H groups in total. The lowest BCUT2D eigenvalue weighted by atomic mass is 10.1. The SMILES string of the molecule is CCN(CC)c1ccc2cc(C(=O)c3nc4ccccc4n3C)c(=O)oc2c1. The molecule has 2 aromatic heterocycles. The van der Waals surface area contributed by atoms with Crippen LogP contribution in [-0.2, 0) is 7.05 Å². The van der Waals surface area contributed by atoms with E-state index in [0.717, 1.165) is 24.3 Å². The van der Waals surface area contributed by atoms with Crippen LogP contribution in [0, 0.1) is 0 Å². The summed E-state index contributed by atoms with van der Waals surface area (Å²) in [6, 6.07) is 14.7. The minimum Gasteiger partial charge on any atom is -0.422 e. The topological polar surface area (TPSA) is 68.3 Å². The van der Waals surface area contributed by atoms with E-state index in [0.29, 0.717) is 16.5 Å². The number of benzene rings is 2. The second-order valence-electron chi connectivity index (χ2n) is 6.65. The number of nitrogens with zero attached hydrogens (tertiary/aromatic N) is 3. The van der Waals surface area contributed by atoms with Crippen molar-refractivity contribution in [3.05, 3.63) is 70.3 Å². The van der Waals surface area contributed by atoms with E-state index >= 15 is 0 Å². The predicted molar refractivity (Wildman–Crippen MR) is 110 cm³/mol. The molecular formula is C22H21N3O3. The maximum absolute atomic E-state index is 13.0. The molecule has 142 valence electrons. The number of imidazole rings is 1. The fourth-order valence-corrected chi connectivity index (χ4v) is 3.51. The molecule has 0 aliphatic rings. The number of fused-ring (bicyclic) bond motifs is 2. The summed E-state index contributed by atoms with van der Waals surface area (Å²) in [6.07, 6.45) is 0. The standard InChI is InChI=1S/C22H21N3O3/c1-4-25(5-2)15-11-10-14-12-16(22(27)28-19(14)13-15)20(26)21-23-17-8-6-7-9-18(17)24(21)3/h6-13H,4-5H2,1-3H3. The first kappa shape index (κ1) is 18.0. The number of carbonyl (C=O) groups excluding carboxylic acids is 1. The lowest BCUT2D eigenvalue weighted by Gasteiger charge is -2.20. The molecule has 0 saturated heterocycles. The molecule has 0 unspecified atom stereocenters. The minimum absolute atomic E-state index is 0.0125. The summed E-state index contributed by atoms with van der Waals surface area (Å²) in [7, 11) is 1.77. The summed E-state index contributed by atoms with van der Waals surface area (Å²) in [5.74, 6) is -0.227. The van der Waals surface area contributed by atoms with Gasteiger partial charge < -0.3 is 13.9 Å². The van der Waals surface area contributed by atoms with Gasteiger partial charge in [-0.2, -0.15) is 0 Å². The van der Waals surface area contributed by atoms with Gasteiger partial charge in [0.25, 0.3) is 0 Å². The number of para-hydroxylation sites is 2. The molecule has 0 saturated carbocycles. The molecule has 4 rings (SSSR count). The zero-order chi connectivity index (χ0) is 19.8. The van der Waals surface area contributed by atoms with Crippen LogP contribution >= 0.6 is 0 Å². The van der Waals surface area contributed by atoms with E-state index in [9.17, 15) is 9.59 Å². The fraction of sp³-hybridized carbons (Fsp3) is 0.227. The highest BCUT2D eigenvalue weighted by Crippen LogP contribution is 2.23. The molecule has 4 aromatic rings. The number of hydrogen-bond donors (Lipinski definition) is 0. The van der Waals surface area contributed by atoms with Gasteiger partial charge in [0.2, 0.25) is 5.78 Å². The van der Waals surface area contributed by atoms with Crippen molar-refractivity contribution in [1.82, 2.24) is 9.55 Å². The smallest absolute Gasteiger partial charge is 0.347 e. The van der Waals surface area contributed by atoms with Crippen molar-refractivity contribution in [2.24, 2.45) is 7.05 Å². The summed E-state index contributed by atoms with van der Waals surface area (Å²) in [4.78, 5) is 32.1. The number of aryl methyl sites for hydroxylation is 1. The second kappa shape index (κ2) is 6.96. The molecule has 28 heavy (non-hydrogen) atoms. The van der Waals surface area contributed by atoms with Gasteiger partial charge in [0, 0.05) is 37.3 Å². The molecular weight excluding hydrogens is 354 g/mol. The lowest BCUT2D eigenvalue weighted by molar-refractivity contribution is 0.102. The molecule has 6 nitrogen and oxygen atoms in total. The maximum Gasteiger partial charge on any atom is 0.347 e. The summed E-state index contributed by atoms with van der Waals surface area (Å²) in [5.41, 5.74) is 2.33. The third-order valence-electron chi connectivity index (χ3n) is 5.08. The van der Waals surface area contributed by atoms with Crippen molar-refractivity contribution in [3.63, 3.8) is 0 Å². The van der Waals surface area contributed by atoms with E-state index in [1.165, 1.54) is 0 Å². The Morgan fingerprint density at radius 2 is 1.86 bits per heavy atom. The van der Waals surface area contributed by atoms with E-state index in [-0.39, 0.29) is 11.4 Å². The average molecular weight is 375 g/mol. The minimum atomic E-state index is -0.652. The van der Waals surface area contributed by atoms with Crippen LogP contribution in [-0.4, -0.2) is 28.4 Å². The van der Waals surface area contributed by atoms with Crippen LogP contribution in [0.3, 0.4) is 0 Å². The highest BCUT2D eigenvalue weighted by molar-refractivity contribution is 6.09. The predicted octanol–water partition coefficient (Wildman–Crippen LogP) is 3.76. The van der Waals surface area contributed by atoms with Crippen LogP contribution < -0.4 is 10.5 Å². The van der Waals surface area contributed by atoms with E-state index in [1.807, 2.05) is 42.5 Å². The van der Waals surface area contributed by atoms with Crippen molar-refractivity contribution in [2.45, 2.75) is 13.8 Å². The van der Waals surface area contributed by atoms with Crippen LogP contribution in [0.25, 0.3) is 22.0 Å². The number of ketones is 1. The zero-order valence-corrected chi connectivity index (χ0v) is 16.1. The van der Waals surface area contributed by atoms with Gasteiger partial charge >= 0.3 is 5.63 Å². The number of hydrogen-bond acceptors (Lipinski definition) is 5. The Morgan fingerprint density at radius 1 is 1.11 bits per heavy atom. The number of aromatic nitrogens is 2. The largest absolute Gasteiger partial charge is 0.422 e. The van der Waals surface area contributed by atoms with Crippen molar-refractivity contribution < 1.29 is 9.21 Å². The summed E-state index contributed by atoms with van der Waals surface area (Å²) < 4.78 is 7.19. The third-order valence-corrected chi connectivity index (χ3v) is 5.08. The monoisotopic (exact) mass is 375 g/mol. The van der Waals surface area contributed by atoms with Gasteiger partial charge in [0.05, 0.1) is 11.0 Å². The van der Waals surface area contributed by atoms with Crippen molar-refractivity contribution in [2.75, 3.05) is 18.0 Å². The molecule has 0 aliphatic heterocycles. The first-order valence-corrected chi connectivity index (χ1v) is 9.32. The van der Waals surface area contributed by atoms with Gasteiger partial charge in [-0.05, 0) is 44.2 Å². The Labute approximate surface area is 162 Å². The van der Waals surface area contributed by atoms with Crippen LogP contribution in [0.2, 0.25) is 0 Å². The Hall–Kier alpha value is -3.41. The number of rotatable bonds is 5. The molecule has 0 bridgehead atoms. The highest BCUT2D eigenvalue weighted by atomic mass is 16.4. The molecule has 0 radical (unpaired) electrons. The van der Waals surface area contributed by atoms with E-state index in [2.05, 4.69) is 23.7 Å². The molecule has 2 heterocycles. The average Bonchev–Trinajstić information content (AvgIpc) is 3.05. The van der Waals surface area contributed by atoms with E-state index < -0.39 is 11.4 Å². The van der Waals surface area contributed by atoms with Crippen molar-refractivity contribution in [1.29, 1.82) is 0 Å². The summed E-state index contributed by atoms with van der Waals surface area (Å²) in [6.45, 7) is 5.86. The van der Waals surface area contributed by atoms with Gasteiger partial charge in [0.15, 0.2) is 5.82 Å². The molecule has 0 amide bonds. The van der Waals surface area contributed by atoms with Gasteiger partial charge in [-0.15, -0.1) is 0 Å². The van der Waals surface area contributed by atoms with E-state index in [4.69, 9.17) is 4.42 Å². The van der Waals surface area contributed by atoms with Crippen LogP contribution in [0.5, 0.6) is 0 Å². The molecule has 2 aromatic carbocycles. The van der Waals surface area contributed by atoms with Crippen LogP contribution in [0.4, 0.5) is 5.69 Å². The van der Waals surface area contributed by atoms with Gasteiger partial charge in [0.1, 0.15) is 11.1 Å².